The van der Waals surface area contributed by atoms with Gasteiger partial charge in [0.1, 0.15) is 0 Å². The average Bonchev–Trinajstić information content (AvgIpc) is 2.36. The van der Waals surface area contributed by atoms with Gasteiger partial charge in [-0.05, 0) is 0 Å². The zero-order chi connectivity index (χ0) is 21.7. The SMILES string of the molecule is CCCCCCC([O][Sn][N]([Si](C)(C)C)[Si](C)(C)C)N([Si](C)(C)C)[Si](C)(C)C. The molecule has 0 spiro atoms. The van der Waals surface area contributed by atoms with E-state index in [1.807, 2.05) is 0 Å². The van der Waals surface area contributed by atoms with E-state index in [0.29, 0.717) is 6.23 Å². The number of rotatable bonds is 13. The van der Waals surface area contributed by atoms with E-state index in [1.165, 1.54) is 32.1 Å². The fourth-order valence-electron chi connectivity index (χ4n) is 4.25. The van der Waals surface area contributed by atoms with E-state index in [1.54, 1.807) is 0 Å². The van der Waals surface area contributed by atoms with Crippen LogP contribution in [0.4, 0.5) is 0 Å². The third-order valence-electron chi connectivity index (χ3n) is 4.66. The van der Waals surface area contributed by atoms with Gasteiger partial charge < -0.3 is 0 Å². The predicted octanol–water partition coefficient (Wildman–Crippen LogP) is 6.78. The van der Waals surface area contributed by atoms with Crippen molar-refractivity contribution in [2.24, 2.45) is 0 Å². The topological polar surface area (TPSA) is 15.7 Å². The van der Waals surface area contributed by atoms with Gasteiger partial charge in [-0.15, -0.1) is 0 Å². The van der Waals surface area contributed by atoms with Crippen LogP contribution in [0.5, 0.6) is 0 Å². The van der Waals surface area contributed by atoms with Crippen LogP contribution in [0.3, 0.4) is 0 Å². The van der Waals surface area contributed by atoms with Gasteiger partial charge >= 0.3 is 188 Å². The van der Waals surface area contributed by atoms with Crippen molar-refractivity contribution in [2.75, 3.05) is 0 Å². The minimum absolute atomic E-state index is 0.377. The molecular weight excluding hydrogens is 503 g/mol. The quantitative estimate of drug-likeness (QED) is 0.142. The van der Waals surface area contributed by atoms with Crippen LogP contribution in [0, 0.1) is 0 Å². The zero-order valence-corrected chi connectivity index (χ0v) is 27.8. The second kappa shape index (κ2) is 11.2. The second-order valence-electron chi connectivity index (χ2n) is 11.9. The molecule has 8 heteroatoms. The summed E-state index contributed by atoms with van der Waals surface area (Å²) in [7, 11) is -5.45. The molecule has 0 aromatic carbocycles. The van der Waals surface area contributed by atoms with Gasteiger partial charge in [-0.25, -0.2) is 0 Å². The summed E-state index contributed by atoms with van der Waals surface area (Å²) in [5, 5.41) is 0. The van der Waals surface area contributed by atoms with E-state index in [2.05, 4.69) is 92.2 Å². The summed E-state index contributed by atoms with van der Waals surface area (Å²) >= 11 is -1.00. The Bertz CT molecular complexity index is 397. The van der Waals surface area contributed by atoms with Crippen LogP contribution in [-0.2, 0) is 3.07 Å². The number of unbranched alkanes of at least 4 members (excludes halogenated alkanes) is 3. The number of nitrogens with zero attached hydrogens (tertiary/aromatic N) is 2. The van der Waals surface area contributed by atoms with E-state index in [9.17, 15) is 0 Å². The van der Waals surface area contributed by atoms with Crippen LogP contribution in [0.25, 0.3) is 0 Å². The van der Waals surface area contributed by atoms with Crippen LogP contribution in [0.2, 0.25) is 78.6 Å². The molecular formula is C19H50N2OSi4Sn. The first-order chi connectivity index (χ1) is 11.9. The monoisotopic (exact) mass is 554 g/mol. The molecule has 0 aromatic heterocycles. The van der Waals surface area contributed by atoms with Crippen LogP contribution >= 0.6 is 0 Å². The van der Waals surface area contributed by atoms with Crippen molar-refractivity contribution in [3.8, 4) is 0 Å². The van der Waals surface area contributed by atoms with E-state index < -0.39 is 54.8 Å². The predicted molar refractivity (Wildman–Crippen MR) is 136 cm³/mol. The van der Waals surface area contributed by atoms with Gasteiger partial charge in [0.25, 0.3) is 0 Å². The summed E-state index contributed by atoms with van der Waals surface area (Å²) in [4.78, 5) is 0. The summed E-state index contributed by atoms with van der Waals surface area (Å²) < 4.78 is 12.9. The van der Waals surface area contributed by atoms with Crippen molar-refractivity contribution in [1.82, 2.24) is 6.68 Å². The first-order valence-corrected chi connectivity index (χ1v) is 27.2. The molecule has 0 saturated carbocycles. The Morgan fingerprint density at radius 1 is 0.667 bits per heavy atom. The van der Waals surface area contributed by atoms with E-state index in [0.717, 1.165) is 0 Å². The molecule has 162 valence electrons. The maximum absolute atomic E-state index is 7.01. The fourth-order valence-corrected chi connectivity index (χ4v) is 30.3. The van der Waals surface area contributed by atoms with Gasteiger partial charge in [-0.3, -0.25) is 0 Å². The zero-order valence-electron chi connectivity index (χ0n) is 20.9. The summed E-state index contributed by atoms with van der Waals surface area (Å²) in [6, 6.07) is 0. The summed E-state index contributed by atoms with van der Waals surface area (Å²) in [5.41, 5.74) is 0. The molecule has 27 heavy (non-hydrogen) atoms. The molecule has 0 saturated heterocycles. The van der Waals surface area contributed by atoms with Crippen molar-refractivity contribution in [3.05, 3.63) is 0 Å². The van der Waals surface area contributed by atoms with Crippen LogP contribution < -0.4 is 0 Å². The van der Waals surface area contributed by atoms with Gasteiger partial charge in [0.15, 0.2) is 0 Å². The van der Waals surface area contributed by atoms with Crippen LogP contribution in [0.15, 0.2) is 0 Å². The second-order valence-corrected chi connectivity index (χ2v) is 37.0. The third-order valence-corrected chi connectivity index (χ3v) is 33.2. The number of hydrogen-bond donors (Lipinski definition) is 0. The van der Waals surface area contributed by atoms with Gasteiger partial charge in [-0.2, -0.15) is 0 Å². The molecule has 2 radical (unpaired) electrons. The molecule has 0 aliphatic rings. The molecule has 0 aliphatic carbocycles. The number of hydrogen-bond acceptors (Lipinski definition) is 3. The van der Waals surface area contributed by atoms with Gasteiger partial charge in [0, 0.05) is 0 Å². The van der Waals surface area contributed by atoms with Gasteiger partial charge in [0.05, 0.1) is 0 Å². The molecule has 0 N–H and O–H groups in total. The van der Waals surface area contributed by atoms with Crippen molar-refractivity contribution in [2.45, 2.75) is 124 Å². The Kier molecular flexibility index (Phi) is 11.9. The average molecular weight is 554 g/mol. The van der Waals surface area contributed by atoms with Crippen LogP contribution in [-0.4, -0.2) is 67.7 Å². The van der Waals surface area contributed by atoms with Crippen LogP contribution in [0.1, 0.15) is 39.0 Å². The fraction of sp³-hybridized carbons (Fsp3) is 1.00. The maximum atomic E-state index is 7.01. The Morgan fingerprint density at radius 2 is 1.11 bits per heavy atom. The van der Waals surface area contributed by atoms with Gasteiger partial charge in [0.2, 0.25) is 0 Å². The normalized spacial score (nSPS) is 15.7. The first kappa shape index (κ1) is 28.5. The molecule has 3 nitrogen and oxygen atoms in total. The molecule has 0 rings (SSSR count). The van der Waals surface area contributed by atoms with Crippen molar-refractivity contribution >= 4 is 54.8 Å². The van der Waals surface area contributed by atoms with Gasteiger partial charge in [-0.1, -0.05) is 0 Å². The van der Waals surface area contributed by atoms with Crippen molar-refractivity contribution in [1.29, 1.82) is 0 Å². The summed E-state index contributed by atoms with van der Waals surface area (Å²) in [6.45, 7) is 32.5. The molecule has 0 fully saturated rings. The van der Waals surface area contributed by atoms with E-state index in [-0.39, 0.29) is 0 Å². The first-order valence-electron chi connectivity index (χ1n) is 10.9. The molecule has 0 amide bonds. The Hall–Kier alpha value is 1.55. The third kappa shape index (κ3) is 10.9. The molecule has 1 atom stereocenters. The van der Waals surface area contributed by atoms with E-state index >= 15 is 0 Å². The minimum atomic E-state index is -1.42. The molecule has 0 aliphatic heterocycles. The molecule has 0 aromatic rings. The Balaban J connectivity index is 5.52. The van der Waals surface area contributed by atoms with Crippen molar-refractivity contribution in [3.63, 3.8) is 0 Å². The van der Waals surface area contributed by atoms with E-state index in [4.69, 9.17) is 3.07 Å². The summed E-state index contributed by atoms with van der Waals surface area (Å²) in [6.07, 6.45) is 6.97. The standard InChI is InChI=1S/C13H32NOSi2.C6H18NSi2.Sn/c1-8-9-10-11-12-13(15)14(16(2,3)4)17(5,6)7;1-8(2,3)7-9(4,5)6;/h13H,8-12H2,1-7H3;1-6H3;/q2*-1;+2. The summed E-state index contributed by atoms with van der Waals surface area (Å²) in [5.74, 6) is 0. The molecule has 0 heterocycles. The van der Waals surface area contributed by atoms with Crippen molar-refractivity contribution < 1.29 is 3.07 Å². The molecule has 1 unspecified atom stereocenters. The Labute approximate surface area is 187 Å². The molecule has 0 bridgehead atoms. The Morgan fingerprint density at radius 3 is 1.44 bits per heavy atom.